The van der Waals surface area contributed by atoms with Crippen LogP contribution in [0.3, 0.4) is 0 Å². The second kappa shape index (κ2) is 5.22. The topological polar surface area (TPSA) is 34.1 Å². The molecule has 0 amide bonds. The molecule has 2 aliphatic rings. The molecule has 120 valence electrons. The Morgan fingerprint density at radius 2 is 1.86 bits per heavy atom. The zero-order valence-electron chi connectivity index (χ0n) is 13.8. The fraction of sp³-hybridized carbons (Fsp3) is 0.588. The molecular weight excluding hydrogens is 300 g/mol. The quantitative estimate of drug-likeness (QED) is 0.825. The highest BCUT2D eigenvalue weighted by Gasteiger charge is 2.52. The Morgan fingerprint density at radius 3 is 2.36 bits per heavy atom. The molecule has 0 unspecified atom stereocenters. The zero-order chi connectivity index (χ0) is 16.1. The second-order valence-corrected chi connectivity index (χ2v) is 8.01. The van der Waals surface area contributed by atoms with E-state index in [1.54, 1.807) is 0 Å². The number of aliphatic imine (C=N–C) groups is 1. The Balaban J connectivity index is 1.90. The van der Waals surface area contributed by atoms with Crippen LogP contribution < -0.4 is 0 Å². The molecule has 0 spiro atoms. The van der Waals surface area contributed by atoms with Crippen LogP contribution >= 0.6 is 11.6 Å². The summed E-state index contributed by atoms with van der Waals surface area (Å²) >= 11 is 6.01. The van der Waals surface area contributed by atoms with Crippen LogP contribution in [0.2, 0.25) is 5.02 Å². The van der Waals surface area contributed by atoms with Crippen molar-refractivity contribution in [2.24, 2.45) is 4.99 Å². The van der Waals surface area contributed by atoms with Gasteiger partial charge in [-0.05, 0) is 52.3 Å². The van der Waals surface area contributed by atoms with Gasteiger partial charge in [0, 0.05) is 10.6 Å². The molecule has 2 aliphatic heterocycles. The van der Waals surface area contributed by atoms with Gasteiger partial charge in [-0.3, -0.25) is 4.84 Å². The Kier molecular flexibility index (Phi) is 3.75. The van der Waals surface area contributed by atoms with Crippen molar-refractivity contribution < 1.29 is 9.57 Å². The highest BCUT2D eigenvalue weighted by molar-refractivity contribution is 6.30. The zero-order valence-corrected chi connectivity index (χ0v) is 14.5. The van der Waals surface area contributed by atoms with E-state index in [9.17, 15) is 0 Å². The summed E-state index contributed by atoms with van der Waals surface area (Å²) in [4.78, 5) is 10.7. The van der Waals surface area contributed by atoms with Crippen LogP contribution in [0.5, 0.6) is 0 Å². The summed E-state index contributed by atoms with van der Waals surface area (Å²) < 4.78 is 5.78. The molecule has 0 bridgehead atoms. The first-order chi connectivity index (χ1) is 10.2. The fourth-order valence-electron chi connectivity index (χ4n) is 2.79. The van der Waals surface area contributed by atoms with Crippen LogP contribution in [0.25, 0.3) is 0 Å². The summed E-state index contributed by atoms with van der Waals surface area (Å²) in [6.07, 6.45) is -0.165. The standard InChI is InChI=1S/C17H23ClN2O2/c1-16(2,3)20-13(11-6-8-12(18)9-7-11)14(22-20)15-19-17(4,5)10-21-15/h6-9,13-14H,10H2,1-5H3/t13-,14+/m1/s1. The van der Waals surface area contributed by atoms with E-state index in [-0.39, 0.29) is 23.2 Å². The van der Waals surface area contributed by atoms with Crippen molar-refractivity contribution in [1.82, 2.24) is 5.06 Å². The summed E-state index contributed by atoms with van der Waals surface area (Å²) in [6.45, 7) is 11.1. The number of hydrogen-bond acceptors (Lipinski definition) is 4. The van der Waals surface area contributed by atoms with Crippen molar-refractivity contribution in [3.8, 4) is 0 Å². The predicted octanol–water partition coefficient (Wildman–Crippen LogP) is 4.00. The van der Waals surface area contributed by atoms with Gasteiger partial charge in [0.15, 0.2) is 6.10 Å². The first-order valence-corrected chi connectivity index (χ1v) is 7.99. The Labute approximate surface area is 137 Å². The van der Waals surface area contributed by atoms with E-state index in [1.165, 1.54) is 0 Å². The Hall–Kier alpha value is -1.10. The molecule has 1 saturated heterocycles. The third-order valence-electron chi connectivity index (χ3n) is 3.87. The number of rotatable bonds is 2. The van der Waals surface area contributed by atoms with E-state index in [0.29, 0.717) is 12.5 Å². The minimum absolute atomic E-state index is 0.0879. The lowest BCUT2D eigenvalue weighted by molar-refractivity contribution is -0.358. The van der Waals surface area contributed by atoms with Crippen molar-refractivity contribution in [1.29, 1.82) is 0 Å². The maximum Gasteiger partial charge on any atom is 0.218 e. The van der Waals surface area contributed by atoms with Gasteiger partial charge < -0.3 is 4.74 Å². The van der Waals surface area contributed by atoms with Crippen molar-refractivity contribution in [2.75, 3.05) is 6.61 Å². The molecule has 0 saturated carbocycles. The van der Waals surface area contributed by atoms with E-state index >= 15 is 0 Å². The summed E-state index contributed by atoms with van der Waals surface area (Å²) in [7, 11) is 0. The molecule has 2 heterocycles. The molecule has 1 fully saturated rings. The molecule has 0 radical (unpaired) electrons. The first kappa shape index (κ1) is 15.8. The van der Waals surface area contributed by atoms with E-state index in [0.717, 1.165) is 10.6 Å². The summed E-state index contributed by atoms with van der Waals surface area (Å²) in [6, 6.07) is 8.00. The first-order valence-electron chi connectivity index (χ1n) is 7.61. The monoisotopic (exact) mass is 322 g/mol. The average molecular weight is 323 g/mol. The third kappa shape index (κ3) is 2.87. The minimum atomic E-state index is -0.175. The smallest absolute Gasteiger partial charge is 0.218 e. The van der Waals surface area contributed by atoms with E-state index < -0.39 is 0 Å². The fourth-order valence-corrected chi connectivity index (χ4v) is 2.92. The van der Waals surface area contributed by atoms with Crippen LogP contribution in [0.4, 0.5) is 0 Å². The highest BCUT2D eigenvalue weighted by Crippen LogP contribution is 2.43. The normalized spacial score (nSPS) is 28.0. The summed E-state index contributed by atoms with van der Waals surface area (Å²) in [5.41, 5.74) is 0.882. The van der Waals surface area contributed by atoms with E-state index in [2.05, 4.69) is 39.6 Å². The molecular formula is C17H23ClN2O2. The Morgan fingerprint density at radius 1 is 1.23 bits per heavy atom. The molecule has 22 heavy (non-hydrogen) atoms. The third-order valence-corrected chi connectivity index (χ3v) is 4.12. The second-order valence-electron chi connectivity index (χ2n) is 7.57. The molecule has 0 N–H and O–H groups in total. The van der Waals surface area contributed by atoms with Gasteiger partial charge in [0.05, 0.1) is 11.6 Å². The van der Waals surface area contributed by atoms with Gasteiger partial charge in [0.2, 0.25) is 5.90 Å². The maximum absolute atomic E-state index is 6.02. The molecule has 2 atom stereocenters. The number of benzene rings is 1. The van der Waals surface area contributed by atoms with Gasteiger partial charge in [0.25, 0.3) is 0 Å². The SMILES string of the molecule is CC1(C)COC([C@H]2ON(C(C)(C)C)[C@@H]2c2ccc(Cl)cc2)=N1. The van der Waals surface area contributed by atoms with Crippen molar-refractivity contribution in [3.63, 3.8) is 0 Å². The number of halogens is 1. The number of hydroxylamine groups is 2. The average Bonchev–Trinajstić information content (AvgIpc) is 2.69. The summed E-state index contributed by atoms with van der Waals surface area (Å²) in [5.74, 6) is 0.699. The number of hydrogen-bond donors (Lipinski definition) is 0. The van der Waals surface area contributed by atoms with Crippen LogP contribution in [0.15, 0.2) is 29.3 Å². The predicted molar refractivity (Wildman–Crippen MR) is 88.1 cm³/mol. The van der Waals surface area contributed by atoms with Crippen LogP contribution in [0.1, 0.15) is 46.2 Å². The van der Waals surface area contributed by atoms with Gasteiger partial charge in [-0.1, -0.05) is 23.7 Å². The molecule has 3 rings (SSSR count). The van der Waals surface area contributed by atoms with E-state index in [1.807, 2.05) is 29.3 Å². The lowest BCUT2D eigenvalue weighted by Gasteiger charge is -2.52. The lowest BCUT2D eigenvalue weighted by Crippen LogP contribution is -2.61. The van der Waals surface area contributed by atoms with Gasteiger partial charge >= 0.3 is 0 Å². The van der Waals surface area contributed by atoms with Crippen LogP contribution in [-0.2, 0) is 9.57 Å². The van der Waals surface area contributed by atoms with Gasteiger partial charge in [-0.2, -0.15) is 5.06 Å². The number of nitrogens with zero attached hydrogens (tertiary/aromatic N) is 2. The molecule has 0 aliphatic carbocycles. The molecule has 1 aromatic carbocycles. The van der Waals surface area contributed by atoms with Gasteiger partial charge in [0.1, 0.15) is 6.61 Å². The molecule has 0 aromatic heterocycles. The Bertz CT molecular complexity index is 590. The number of ether oxygens (including phenoxy) is 1. The molecule has 5 heteroatoms. The highest BCUT2D eigenvalue weighted by atomic mass is 35.5. The lowest BCUT2D eigenvalue weighted by atomic mass is 9.93. The van der Waals surface area contributed by atoms with Crippen LogP contribution in [0, 0.1) is 0 Å². The van der Waals surface area contributed by atoms with Crippen molar-refractivity contribution >= 4 is 17.5 Å². The molecule has 1 aromatic rings. The van der Waals surface area contributed by atoms with Crippen LogP contribution in [-0.4, -0.2) is 34.7 Å². The minimum Gasteiger partial charge on any atom is -0.476 e. The maximum atomic E-state index is 6.02. The van der Waals surface area contributed by atoms with Crippen molar-refractivity contribution in [3.05, 3.63) is 34.9 Å². The largest absolute Gasteiger partial charge is 0.476 e. The summed E-state index contributed by atoms with van der Waals surface area (Å²) in [5, 5.41) is 2.75. The molecule has 4 nitrogen and oxygen atoms in total. The van der Waals surface area contributed by atoms with Gasteiger partial charge in [-0.15, -0.1) is 0 Å². The van der Waals surface area contributed by atoms with Crippen molar-refractivity contribution in [2.45, 2.75) is 57.8 Å². The van der Waals surface area contributed by atoms with E-state index in [4.69, 9.17) is 21.2 Å². The van der Waals surface area contributed by atoms with Gasteiger partial charge in [-0.25, -0.2) is 4.99 Å².